The van der Waals surface area contributed by atoms with Crippen LogP contribution in [0.15, 0.2) is 28.7 Å². The van der Waals surface area contributed by atoms with E-state index >= 15 is 0 Å². The summed E-state index contributed by atoms with van der Waals surface area (Å²) in [5.41, 5.74) is 7.14. The van der Waals surface area contributed by atoms with E-state index in [1.54, 1.807) is 29.2 Å². The Kier molecular flexibility index (Phi) is 5.05. The van der Waals surface area contributed by atoms with Gasteiger partial charge in [0.15, 0.2) is 0 Å². The molecule has 0 saturated carbocycles. The Bertz CT molecular complexity index is 830. The number of hydrogen-bond donors (Lipinski definition) is 1. The molecule has 0 bridgehead atoms. The van der Waals surface area contributed by atoms with E-state index in [2.05, 4.69) is 21.0 Å². The minimum atomic E-state index is -2.98. The number of likely N-dealkylation sites (tertiary alicyclic amines) is 1. The standard InChI is InChI=1S/C16H15BrF2IN5/c1-2-24-8-16(18,19)13(14(24)20)25-15(22)11(7-21)12(23-25)9-3-5-10(17)6-4-9/h3-6,13-14H,2,8,22H2,1H3. The molecule has 0 spiro atoms. The molecule has 132 valence electrons. The van der Waals surface area contributed by atoms with Crippen LogP contribution in [0.4, 0.5) is 14.6 Å². The van der Waals surface area contributed by atoms with Crippen LogP contribution in [0.5, 0.6) is 0 Å². The molecular formula is C16H15BrF2IN5. The molecule has 9 heteroatoms. The average Bonchev–Trinajstić information content (AvgIpc) is 3.01. The fraction of sp³-hybridized carbons (Fsp3) is 0.375. The molecular weight excluding hydrogens is 507 g/mol. The van der Waals surface area contributed by atoms with Crippen molar-refractivity contribution in [1.82, 2.24) is 14.7 Å². The van der Waals surface area contributed by atoms with Crippen molar-refractivity contribution in [2.45, 2.75) is 22.9 Å². The lowest BCUT2D eigenvalue weighted by Crippen LogP contribution is -2.33. The summed E-state index contributed by atoms with van der Waals surface area (Å²) in [5, 5.41) is 13.8. The summed E-state index contributed by atoms with van der Waals surface area (Å²) in [6, 6.07) is 7.93. The predicted octanol–water partition coefficient (Wildman–Crippen LogP) is 4.04. The highest BCUT2D eigenvalue weighted by atomic mass is 127. The second kappa shape index (κ2) is 6.81. The minimum Gasteiger partial charge on any atom is -0.383 e. The number of nitrogens with zero attached hydrogens (tertiary/aromatic N) is 4. The summed E-state index contributed by atoms with van der Waals surface area (Å²) in [6.07, 6.45) is 0. The van der Waals surface area contributed by atoms with Gasteiger partial charge in [-0.3, -0.25) is 4.90 Å². The molecule has 2 unspecified atom stereocenters. The quantitative estimate of drug-likeness (QED) is 0.376. The van der Waals surface area contributed by atoms with Crippen LogP contribution >= 0.6 is 38.5 Å². The van der Waals surface area contributed by atoms with Gasteiger partial charge in [-0.05, 0) is 18.7 Å². The molecule has 1 aromatic carbocycles. The van der Waals surface area contributed by atoms with Gasteiger partial charge in [0.05, 0.1) is 10.6 Å². The predicted molar refractivity (Wildman–Crippen MR) is 104 cm³/mol. The van der Waals surface area contributed by atoms with Gasteiger partial charge in [-0.2, -0.15) is 10.4 Å². The number of benzene rings is 1. The van der Waals surface area contributed by atoms with Gasteiger partial charge in [0.1, 0.15) is 29.2 Å². The summed E-state index contributed by atoms with van der Waals surface area (Å²) >= 11 is 5.34. The topological polar surface area (TPSA) is 70.9 Å². The highest BCUT2D eigenvalue weighted by Crippen LogP contribution is 2.45. The largest absolute Gasteiger partial charge is 0.383 e. The smallest absolute Gasteiger partial charge is 0.284 e. The van der Waals surface area contributed by atoms with Gasteiger partial charge in [-0.1, -0.05) is 57.6 Å². The van der Waals surface area contributed by atoms with Crippen LogP contribution in [0.3, 0.4) is 0 Å². The Morgan fingerprint density at radius 2 is 2.08 bits per heavy atom. The summed E-state index contributed by atoms with van der Waals surface area (Å²) in [4.78, 5) is 1.68. The van der Waals surface area contributed by atoms with Crippen LogP contribution in [0, 0.1) is 11.3 Å². The van der Waals surface area contributed by atoms with Crippen LogP contribution in [0.2, 0.25) is 0 Å². The van der Waals surface area contributed by atoms with E-state index in [0.29, 0.717) is 17.8 Å². The van der Waals surface area contributed by atoms with Crippen LogP contribution in [0.1, 0.15) is 18.5 Å². The number of anilines is 1. The third-order valence-electron chi connectivity index (χ3n) is 4.30. The average molecular weight is 522 g/mol. The maximum atomic E-state index is 14.6. The maximum absolute atomic E-state index is 14.6. The van der Waals surface area contributed by atoms with Crippen molar-refractivity contribution in [2.75, 3.05) is 18.8 Å². The summed E-state index contributed by atoms with van der Waals surface area (Å²) in [5.74, 6) is -3.00. The lowest BCUT2D eigenvalue weighted by atomic mass is 10.1. The van der Waals surface area contributed by atoms with E-state index in [-0.39, 0.29) is 17.9 Å². The summed E-state index contributed by atoms with van der Waals surface area (Å²) in [7, 11) is 0. The van der Waals surface area contributed by atoms with Gasteiger partial charge >= 0.3 is 0 Å². The number of nitrogens with two attached hydrogens (primary N) is 1. The molecule has 25 heavy (non-hydrogen) atoms. The molecule has 5 nitrogen and oxygen atoms in total. The fourth-order valence-electron chi connectivity index (χ4n) is 3.01. The Hall–Kier alpha value is -1.25. The van der Waals surface area contributed by atoms with Crippen LogP contribution in [-0.2, 0) is 0 Å². The molecule has 1 saturated heterocycles. The first kappa shape index (κ1) is 18.5. The van der Waals surface area contributed by atoms with Gasteiger partial charge in [0, 0.05) is 10.0 Å². The zero-order valence-corrected chi connectivity index (χ0v) is 17.0. The number of rotatable bonds is 3. The highest BCUT2D eigenvalue weighted by Gasteiger charge is 2.55. The monoisotopic (exact) mass is 521 g/mol. The zero-order valence-electron chi connectivity index (χ0n) is 13.3. The maximum Gasteiger partial charge on any atom is 0.284 e. The zero-order chi connectivity index (χ0) is 18.4. The van der Waals surface area contributed by atoms with E-state index in [1.165, 1.54) is 0 Å². The molecule has 0 aliphatic carbocycles. The Morgan fingerprint density at radius 1 is 1.44 bits per heavy atom. The molecule has 1 fully saturated rings. The third kappa shape index (κ3) is 3.15. The van der Waals surface area contributed by atoms with Crippen molar-refractivity contribution < 1.29 is 8.78 Å². The van der Waals surface area contributed by atoms with E-state index in [1.807, 2.05) is 35.6 Å². The number of aromatic nitrogens is 2. The fourth-order valence-corrected chi connectivity index (χ4v) is 4.70. The first-order valence-electron chi connectivity index (χ1n) is 7.60. The molecule has 2 atom stereocenters. The van der Waals surface area contributed by atoms with E-state index in [9.17, 15) is 14.0 Å². The van der Waals surface area contributed by atoms with Crippen molar-refractivity contribution in [3.63, 3.8) is 0 Å². The van der Waals surface area contributed by atoms with E-state index in [4.69, 9.17) is 5.73 Å². The van der Waals surface area contributed by atoms with Crippen LogP contribution < -0.4 is 5.73 Å². The number of halogens is 4. The van der Waals surface area contributed by atoms with E-state index < -0.39 is 16.0 Å². The molecule has 0 radical (unpaired) electrons. The van der Waals surface area contributed by atoms with Gasteiger partial charge in [0.2, 0.25) is 0 Å². The van der Waals surface area contributed by atoms with Gasteiger partial charge < -0.3 is 5.73 Å². The van der Waals surface area contributed by atoms with E-state index in [0.717, 1.165) is 9.15 Å². The van der Waals surface area contributed by atoms with Crippen molar-refractivity contribution in [3.05, 3.63) is 34.3 Å². The van der Waals surface area contributed by atoms with Gasteiger partial charge in [-0.25, -0.2) is 13.5 Å². The molecule has 3 rings (SSSR count). The number of nitrogen functional groups attached to an aromatic ring is 1. The van der Waals surface area contributed by atoms with Crippen LogP contribution in [-0.4, -0.2) is 37.7 Å². The summed E-state index contributed by atoms with van der Waals surface area (Å²) < 4.78 is 30.8. The lowest BCUT2D eigenvalue weighted by molar-refractivity contribution is -0.0245. The van der Waals surface area contributed by atoms with Crippen molar-refractivity contribution in [3.8, 4) is 17.3 Å². The SMILES string of the molecule is CCN1CC(F)(F)C(n2nc(-c3ccc(Br)cc3)c(C#N)c2N)C1I. The van der Waals surface area contributed by atoms with Crippen molar-refractivity contribution in [1.29, 1.82) is 5.26 Å². The first-order valence-corrected chi connectivity index (χ1v) is 9.64. The highest BCUT2D eigenvalue weighted by molar-refractivity contribution is 14.1. The molecule has 2 aromatic rings. The number of hydrogen-bond acceptors (Lipinski definition) is 4. The molecule has 1 aliphatic heterocycles. The molecule has 2 heterocycles. The van der Waals surface area contributed by atoms with Crippen molar-refractivity contribution in [2.24, 2.45) is 0 Å². The van der Waals surface area contributed by atoms with Gasteiger partial charge in [-0.15, -0.1) is 0 Å². The molecule has 1 aromatic heterocycles. The molecule has 0 amide bonds. The normalized spacial score (nSPS) is 22.9. The first-order chi connectivity index (χ1) is 11.8. The number of likely N-dealkylation sites (N-methyl/N-ethyl adjacent to an activating group) is 1. The minimum absolute atomic E-state index is 0.0234. The van der Waals surface area contributed by atoms with Crippen LogP contribution in [0.25, 0.3) is 11.3 Å². The number of nitriles is 1. The lowest BCUT2D eigenvalue weighted by Gasteiger charge is -2.23. The second-order valence-electron chi connectivity index (χ2n) is 5.81. The number of alkyl halides is 3. The van der Waals surface area contributed by atoms with Crippen molar-refractivity contribution >= 4 is 44.3 Å². The Labute approximate surface area is 166 Å². The summed E-state index contributed by atoms with van der Waals surface area (Å²) in [6.45, 7) is 1.99. The molecule has 1 aliphatic rings. The Balaban J connectivity index is 2.12. The van der Waals surface area contributed by atoms with Gasteiger partial charge in [0.25, 0.3) is 5.92 Å². The second-order valence-corrected chi connectivity index (χ2v) is 8.01. The third-order valence-corrected chi connectivity index (χ3v) is 6.30. The molecule has 2 N–H and O–H groups in total. The Morgan fingerprint density at radius 3 is 2.60 bits per heavy atom.